The number of hydrogen-bond acceptors (Lipinski definition) is 5. The molecule has 0 atom stereocenters. The van der Waals surface area contributed by atoms with E-state index in [1.807, 2.05) is 0 Å². The second kappa shape index (κ2) is 18.6. The number of carbonyl (C=O) groups is 1. The van der Waals surface area contributed by atoms with Gasteiger partial charge in [-0.3, -0.25) is 10.2 Å². The van der Waals surface area contributed by atoms with Crippen LogP contribution in [-0.2, 0) is 9.53 Å². The van der Waals surface area contributed by atoms with Crippen molar-refractivity contribution >= 4 is 36.7 Å². The number of nitrogens with one attached hydrogen (secondary N) is 2. The van der Waals surface area contributed by atoms with E-state index in [9.17, 15) is 4.79 Å². The summed E-state index contributed by atoms with van der Waals surface area (Å²) in [6.07, 6.45) is 2.31. The van der Waals surface area contributed by atoms with E-state index in [0.717, 1.165) is 25.9 Å². The van der Waals surface area contributed by atoms with E-state index < -0.39 is 0 Å². The molecule has 7 nitrogen and oxygen atoms in total. The van der Waals surface area contributed by atoms with Crippen molar-refractivity contribution in [3.8, 4) is 0 Å². The molecule has 0 unspecified atom stereocenters. The van der Waals surface area contributed by atoms with Crippen LogP contribution in [-0.4, -0.2) is 38.2 Å². The zero-order valence-corrected chi connectivity index (χ0v) is 12.4. The zero-order valence-electron chi connectivity index (χ0n) is 10.8. The molecule has 0 aromatic heterocycles. The fraction of sp³-hybridized carbons (Fsp3) is 0.778. The summed E-state index contributed by atoms with van der Waals surface area (Å²) in [6, 6.07) is 0.473. The number of piperidine rings is 1. The van der Waals surface area contributed by atoms with Crippen molar-refractivity contribution in [2.75, 3.05) is 20.2 Å². The number of esters is 1. The number of nitrogens with two attached hydrogens (primary N) is 3. The summed E-state index contributed by atoms with van der Waals surface area (Å²) in [7, 11) is 1.35. The van der Waals surface area contributed by atoms with E-state index >= 15 is 0 Å². The minimum Gasteiger partial charge on any atom is -0.469 e. The molecule has 8 N–H and O–H groups in total. The van der Waals surface area contributed by atoms with Crippen LogP contribution in [0.1, 0.15) is 19.8 Å². The molecule has 1 saturated heterocycles. The number of methoxy groups -OCH3 is 1. The highest BCUT2D eigenvalue weighted by molar-refractivity contribution is 5.85. The van der Waals surface area contributed by atoms with Crippen LogP contribution in [0.4, 0.5) is 0 Å². The molecule has 0 radical (unpaired) electrons. The molecule has 0 bridgehead atoms. The minimum atomic E-state index is -0.333. The third-order valence-corrected chi connectivity index (χ3v) is 1.67. The van der Waals surface area contributed by atoms with Crippen molar-refractivity contribution in [2.24, 2.45) is 17.2 Å². The van der Waals surface area contributed by atoms with Crippen LogP contribution in [0.25, 0.3) is 0 Å². The molecule has 9 heteroatoms. The maximum absolute atomic E-state index is 9.59. The Morgan fingerprint density at radius 1 is 1.28 bits per heavy atom. The molecule has 112 valence electrons. The Balaban J connectivity index is -0.0000000811. The Morgan fingerprint density at radius 2 is 1.56 bits per heavy atom. The molecule has 0 saturated carbocycles. The van der Waals surface area contributed by atoms with Crippen molar-refractivity contribution < 1.29 is 9.53 Å². The third kappa shape index (κ3) is 36.2. The summed E-state index contributed by atoms with van der Waals surface area (Å²) in [4.78, 5) is 9.59. The van der Waals surface area contributed by atoms with Gasteiger partial charge in [0.1, 0.15) is 0 Å². The number of carbonyl (C=O) groups excluding carboxylic acids is 1. The van der Waals surface area contributed by atoms with E-state index in [4.69, 9.17) is 11.1 Å². The molecular formula is C9H25Cl2N5O2. The van der Waals surface area contributed by atoms with Crippen LogP contribution in [0.5, 0.6) is 0 Å². The first-order valence-corrected chi connectivity index (χ1v) is 5.00. The molecule has 0 amide bonds. The first-order chi connectivity index (χ1) is 7.40. The lowest BCUT2D eigenvalue weighted by Crippen LogP contribution is -2.35. The standard InChI is InChI=1S/C5H12N2.C3H6O2.CH5N3.2ClH/c6-5-1-3-7-4-2-5;1-3(4)5-2;2-1(3)4;;/h5,7H,1-4,6H2;1-2H3;(H5,2,3,4);2*1H. The lowest BCUT2D eigenvalue weighted by molar-refractivity contribution is -0.137. The number of ether oxygens (including phenoxy) is 1. The van der Waals surface area contributed by atoms with Crippen molar-refractivity contribution in [1.82, 2.24) is 5.32 Å². The number of guanidine groups is 1. The van der Waals surface area contributed by atoms with Gasteiger partial charge in [-0.2, -0.15) is 0 Å². The Bertz CT molecular complexity index is 197. The van der Waals surface area contributed by atoms with Crippen LogP contribution < -0.4 is 22.5 Å². The van der Waals surface area contributed by atoms with Gasteiger partial charge in [0.15, 0.2) is 5.96 Å². The first-order valence-electron chi connectivity index (χ1n) is 5.00. The maximum Gasteiger partial charge on any atom is 0.302 e. The molecule has 1 fully saturated rings. The molecule has 0 aromatic carbocycles. The van der Waals surface area contributed by atoms with Gasteiger partial charge in [-0.1, -0.05) is 0 Å². The Morgan fingerprint density at radius 3 is 1.67 bits per heavy atom. The summed E-state index contributed by atoms with van der Waals surface area (Å²) in [5, 5.41) is 9.29. The van der Waals surface area contributed by atoms with Crippen LogP contribution in [0.3, 0.4) is 0 Å². The van der Waals surface area contributed by atoms with E-state index in [0.29, 0.717) is 6.04 Å². The Hall–Kier alpha value is -0.760. The number of hydrogen-bond donors (Lipinski definition) is 5. The average molecular weight is 306 g/mol. The fourth-order valence-electron chi connectivity index (χ4n) is 0.844. The van der Waals surface area contributed by atoms with Crippen molar-refractivity contribution in [3.63, 3.8) is 0 Å². The highest BCUT2D eigenvalue weighted by Crippen LogP contribution is 1.96. The van der Waals surface area contributed by atoms with Gasteiger partial charge < -0.3 is 27.3 Å². The van der Waals surface area contributed by atoms with Gasteiger partial charge >= 0.3 is 5.97 Å². The summed E-state index contributed by atoms with van der Waals surface area (Å²) in [6.45, 7) is 3.59. The molecule has 1 rings (SSSR count). The van der Waals surface area contributed by atoms with E-state index in [2.05, 4.69) is 21.5 Å². The van der Waals surface area contributed by atoms with Gasteiger partial charge in [0, 0.05) is 13.0 Å². The number of rotatable bonds is 0. The molecular weight excluding hydrogens is 281 g/mol. The normalized spacial score (nSPS) is 13.1. The Labute approximate surface area is 121 Å². The lowest BCUT2D eigenvalue weighted by Gasteiger charge is -2.17. The molecule has 1 heterocycles. The van der Waals surface area contributed by atoms with Crippen LogP contribution >= 0.6 is 24.8 Å². The van der Waals surface area contributed by atoms with Gasteiger partial charge in [0.2, 0.25) is 0 Å². The van der Waals surface area contributed by atoms with E-state index in [1.54, 1.807) is 0 Å². The van der Waals surface area contributed by atoms with E-state index in [1.165, 1.54) is 14.0 Å². The zero-order chi connectivity index (χ0) is 13.0. The molecule has 1 aliphatic rings. The maximum atomic E-state index is 9.59. The van der Waals surface area contributed by atoms with E-state index in [-0.39, 0.29) is 36.7 Å². The number of halogens is 2. The largest absolute Gasteiger partial charge is 0.469 e. The quantitative estimate of drug-likeness (QED) is 0.233. The van der Waals surface area contributed by atoms with Gasteiger partial charge in [0.25, 0.3) is 0 Å². The fourth-order valence-corrected chi connectivity index (χ4v) is 0.844. The predicted molar refractivity (Wildman–Crippen MR) is 78.4 cm³/mol. The van der Waals surface area contributed by atoms with Crippen LogP contribution in [0, 0.1) is 5.41 Å². The van der Waals surface area contributed by atoms with Gasteiger partial charge in [-0.25, -0.2) is 0 Å². The topological polar surface area (TPSA) is 140 Å². The van der Waals surface area contributed by atoms with Crippen LogP contribution in [0.2, 0.25) is 0 Å². The summed E-state index contributed by atoms with van der Waals surface area (Å²) < 4.78 is 4.11. The molecule has 0 spiro atoms. The predicted octanol–water partition coefficient (Wildman–Crippen LogP) is -0.441. The third-order valence-electron chi connectivity index (χ3n) is 1.67. The monoisotopic (exact) mass is 305 g/mol. The highest BCUT2D eigenvalue weighted by atomic mass is 35.5. The van der Waals surface area contributed by atoms with Crippen molar-refractivity contribution in [1.29, 1.82) is 5.41 Å². The second-order valence-electron chi connectivity index (χ2n) is 3.24. The smallest absolute Gasteiger partial charge is 0.302 e. The summed E-state index contributed by atoms with van der Waals surface area (Å²) in [5.74, 6) is -0.579. The minimum absolute atomic E-state index is 0. The van der Waals surface area contributed by atoms with Crippen molar-refractivity contribution in [3.05, 3.63) is 0 Å². The van der Waals surface area contributed by atoms with Crippen LogP contribution in [0.15, 0.2) is 0 Å². The molecule has 1 aliphatic heterocycles. The average Bonchev–Trinajstić information content (AvgIpc) is 2.19. The SMILES string of the molecule is COC(C)=O.Cl.Cl.N=C(N)N.NC1CCNCC1. The van der Waals surface area contributed by atoms with Gasteiger partial charge in [0.05, 0.1) is 7.11 Å². The molecule has 18 heavy (non-hydrogen) atoms. The lowest BCUT2D eigenvalue weighted by atomic mass is 10.1. The summed E-state index contributed by atoms with van der Waals surface area (Å²) >= 11 is 0. The molecule has 0 aromatic rings. The molecule has 0 aliphatic carbocycles. The summed E-state index contributed by atoms with van der Waals surface area (Å²) in [5.41, 5.74) is 14.5. The van der Waals surface area contributed by atoms with Gasteiger partial charge in [-0.05, 0) is 25.9 Å². The highest BCUT2D eigenvalue weighted by Gasteiger charge is 2.05. The Kier molecular flexibility index (Phi) is 26.8. The second-order valence-corrected chi connectivity index (χ2v) is 3.24. The van der Waals surface area contributed by atoms with Crippen molar-refractivity contribution in [2.45, 2.75) is 25.8 Å². The van der Waals surface area contributed by atoms with Gasteiger partial charge in [-0.15, -0.1) is 24.8 Å². The first kappa shape index (κ1) is 25.9.